The van der Waals surface area contributed by atoms with Crippen molar-refractivity contribution in [2.45, 2.75) is 41.8 Å². The Kier molecular flexibility index (Phi) is 5.15. The summed E-state index contributed by atoms with van der Waals surface area (Å²) in [7, 11) is 0. The van der Waals surface area contributed by atoms with E-state index in [4.69, 9.17) is 5.73 Å². The predicted octanol–water partition coefficient (Wildman–Crippen LogP) is 4.47. The molecule has 1 saturated heterocycles. The second-order valence-corrected chi connectivity index (χ2v) is 8.21. The minimum absolute atomic E-state index is 0.0809. The molecule has 4 unspecified atom stereocenters. The van der Waals surface area contributed by atoms with E-state index in [1.165, 1.54) is 6.07 Å². The third kappa shape index (κ3) is 3.87. The highest BCUT2D eigenvalue weighted by Crippen LogP contribution is 2.41. The molecule has 0 aromatic heterocycles. The first-order valence-corrected chi connectivity index (χ1v) is 8.58. The molecule has 1 aromatic carbocycles. The monoisotopic (exact) mass is 339 g/mol. The highest BCUT2D eigenvalue weighted by molar-refractivity contribution is 8.07. The van der Waals surface area contributed by atoms with Crippen molar-refractivity contribution < 1.29 is 17.6 Å². The van der Waals surface area contributed by atoms with Crippen molar-refractivity contribution in [3.63, 3.8) is 0 Å². The van der Waals surface area contributed by atoms with Crippen molar-refractivity contribution in [3.8, 4) is 0 Å². The second-order valence-electron chi connectivity index (χ2n) is 5.18. The molecular formula is C14H17F4NS2. The molecule has 1 nitrogen and oxygen atoms in total. The molecular weight excluding hydrogens is 322 g/mol. The van der Waals surface area contributed by atoms with Gasteiger partial charge in [-0.15, -0.1) is 0 Å². The summed E-state index contributed by atoms with van der Waals surface area (Å²) in [6, 6.07) is 2.51. The van der Waals surface area contributed by atoms with Crippen LogP contribution in [0.2, 0.25) is 0 Å². The first kappa shape index (κ1) is 17.0. The van der Waals surface area contributed by atoms with E-state index in [0.29, 0.717) is 16.1 Å². The molecule has 1 aliphatic heterocycles. The van der Waals surface area contributed by atoms with E-state index in [2.05, 4.69) is 13.8 Å². The van der Waals surface area contributed by atoms with Gasteiger partial charge in [-0.05, 0) is 17.7 Å². The second kappa shape index (κ2) is 6.38. The zero-order chi connectivity index (χ0) is 15.8. The number of alkyl halides is 3. The van der Waals surface area contributed by atoms with Crippen LogP contribution in [0.4, 0.5) is 17.6 Å². The Labute approximate surface area is 130 Å². The third-order valence-corrected chi connectivity index (χ3v) is 7.17. The molecule has 1 heterocycles. The Bertz CT molecular complexity index is 506. The first-order chi connectivity index (χ1) is 9.70. The fourth-order valence-electron chi connectivity index (χ4n) is 2.18. The maximum absolute atomic E-state index is 13.6. The lowest BCUT2D eigenvalue weighted by Crippen LogP contribution is -2.34. The summed E-state index contributed by atoms with van der Waals surface area (Å²) < 4.78 is 51.3. The van der Waals surface area contributed by atoms with E-state index in [1.807, 2.05) is 0 Å². The summed E-state index contributed by atoms with van der Waals surface area (Å²) >= 11 is 3.52. The van der Waals surface area contributed by atoms with Crippen LogP contribution >= 0.6 is 23.5 Å². The molecule has 7 heteroatoms. The van der Waals surface area contributed by atoms with Crippen LogP contribution in [0.15, 0.2) is 18.2 Å². The van der Waals surface area contributed by atoms with Crippen LogP contribution in [0.3, 0.4) is 0 Å². The Morgan fingerprint density at radius 2 is 1.90 bits per heavy atom. The highest BCUT2D eigenvalue weighted by atomic mass is 32.2. The number of thioether (sulfide) groups is 2. The van der Waals surface area contributed by atoms with Gasteiger partial charge >= 0.3 is 6.18 Å². The molecule has 21 heavy (non-hydrogen) atoms. The van der Waals surface area contributed by atoms with Gasteiger partial charge in [0, 0.05) is 27.5 Å². The van der Waals surface area contributed by atoms with E-state index in [0.717, 1.165) is 17.9 Å². The predicted molar refractivity (Wildman–Crippen MR) is 81.1 cm³/mol. The van der Waals surface area contributed by atoms with Gasteiger partial charge < -0.3 is 5.73 Å². The highest BCUT2D eigenvalue weighted by Gasteiger charge is 2.35. The van der Waals surface area contributed by atoms with E-state index >= 15 is 0 Å². The minimum Gasteiger partial charge on any atom is -0.323 e. The number of halogens is 4. The molecule has 0 amide bonds. The molecule has 4 atom stereocenters. The average molecular weight is 339 g/mol. The molecule has 0 aliphatic carbocycles. The Morgan fingerprint density at radius 3 is 2.43 bits per heavy atom. The molecule has 2 rings (SSSR count). The molecule has 0 spiro atoms. The smallest absolute Gasteiger partial charge is 0.323 e. The summed E-state index contributed by atoms with van der Waals surface area (Å²) in [5, 5.41) is 1.01. The van der Waals surface area contributed by atoms with Crippen LogP contribution in [0.5, 0.6) is 0 Å². The number of hydrogen-bond acceptors (Lipinski definition) is 3. The lowest BCUT2D eigenvalue weighted by molar-refractivity contribution is -0.140. The summed E-state index contributed by atoms with van der Waals surface area (Å²) in [5.41, 5.74) is 5.30. The molecule has 1 aliphatic rings. The lowest BCUT2D eigenvalue weighted by atomic mass is 10.0. The maximum Gasteiger partial charge on any atom is 0.419 e. The standard InChI is InChI=1S/C14H17F4NS2/c1-7-8(2)21-12(6-20-7)13(19)9-3-4-10(11(15)5-9)14(16,17)18/h3-5,7-8,12-13H,6,19H2,1-2H3. The first-order valence-electron chi connectivity index (χ1n) is 6.59. The molecule has 1 fully saturated rings. The van der Waals surface area contributed by atoms with Gasteiger partial charge in [-0.2, -0.15) is 36.7 Å². The number of hydrogen-bond donors (Lipinski definition) is 1. The number of rotatable bonds is 2. The number of nitrogens with two attached hydrogens (primary N) is 1. The Balaban J connectivity index is 2.17. The van der Waals surface area contributed by atoms with Crippen molar-refractivity contribution in [1.29, 1.82) is 0 Å². The lowest BCUT2D eigenvalue weighted by Gasteiger charge is -2.34. The zero-order valence-electron chi connectivity index (χ0n) is 11.7. The van der Waals surface area contributed by atoms with Gasteiger partial charge in [0.1, 0.15) is 5.82 Å². The molecule has 0 bridgehead atoms. The largest absolute Gasteiger partial charge is 0.419 e. The zero-order valence-corrected chi connectivity index (χ0v) is 13.3. The van der Waals surface area contributed by atoms with E-state index in [-0.39, 0.29) is 5.25 Å². The SMILES string of the molecule is CC1SCC(C(N)c2ccc(C(F)(F)F)c(F)c2)SC1C. The van der Waals surface area contributed by atoms with Gasteiger partial charge in [0.2, 0.25) is 0 Å². The summed E-state index contributed by atoms with van der Waals surface area (Å²) in [4.78, 5) is 0. The number of benzene rings is 1. The molecule has 1 aromatic rings. The van der Waals surface area contributed by atoms with E-state index in [9.17, 15) is 17.6 Å². The molecule has 0 radical (unpaired) electrons. The Hall–Kier alpha value is -0.400. The van der Waals surface area contributed by atoms with Crippen LogP contribution in [0.25, 0.3) is 0 Å². The van der Waals surface area contributed by atoms with Crippen molar-refractivity contribution in [3.05, 3.63) is 35.1 Å². The van der Waals surface area contributed by atoms with Crippen molar-refractivity contribution in [1.82, 2.24) is 0 Å². The summed E-state index contributed by atoms with van der Waals surface area (Å²) in [5.74, 6) is -0.440. The van der Waals surface area contributed by atoms with Crippen LogP contribution in [0.1, 0.15) is 31.0 Å². The van der Waals surface area contributed by atoms with E-state index < -0.39 is 23.6 Å². The summed E-state index contributed by atoms with van der Waals surface area (Å²) in [6.07, 6.45) is -4.67. The van der Waals surface area contributed by atoms with Gasteiger partial charge in [-0.1, -0.05) is 19.9 Å². The molecule has 0 saturated carbocycles. The Morgan fingerprint density at radius 1 is 1.24 bits per heavy atom. The minimum atomic E-state index is -4.67. The average Bonchev–Trinajstić information content (AvgIpc) is 2.39. The molecule has 2 N–H and O–H groups in total. The fraction of sp³-hybridized carbons (Fsp3) is 0.571. The van der Waals surface area contributed by atoms with Crippen molar-refractivity contribution >= 4 is 23.5 Å². The topological polar surface area (TPSA) is 26.0 Å². The van der Waals surface area contributed by atoms with Crippen LogP contribution in [-0.2, 0) is 6.18 Å². The fourth-order valence-corrected chi connectivity index (χ4v) is 5.23. The van der Waals surface area contributed by atoms with Gasteiger partial charge in [-0.3, -0.25) is 0 Å². The van der Waals surface area contributed by atoms with Gasteiger partial charge in [0.05, 0.1) is 5.56 Å². The van der Waals surface area contributed by atoms with Gasteiger partial charge in [0.15, 0.2) is 0 Å². The normalized spacial score (nSPS) is 28.4. The quantitative estimate of drug-likeness (QED) is 0.805. The maximum atomic E-state index is 13.6. The third-order valence-electron chi connectivity index (χ3n) is 3.66. The van der Waals surface area contributed by atoms with Crippen LogP contribution < -0.4 is 5.73 Å². The summed E-state index contributed by atoms with van der Waals surface area (Å²) in [6.45, 7) is 4.25. The van der Waals surface area contributed by atoms with Crippen molar-refractivity contribution in [2.75, 3.05) is 5.75 Å². The molecule has 118 valence electrons. The van der Waals surface area contributed by atoms with Gasteiger partial charge in [0.25, 0.3) is 0 Å². The van der Waals surface area contributed by atoms with Gasteiger partial charge in [-0.25, -0.2) is 4.39 Å². The van der Waals surface area contributed by atoms with Crippen LogP contribution in [-0.4, -0.2) is 21.5 Å². The van der Waals surface area contributed by atoms with Crippen LogP contribution in [0, 0.1) is 5.82 Å². The van der Waals surface area contributed by atoms with Crippen molar-refractivity contribution in [2.24, 2.45) is 5.73 Å². The van der Waals surface area contributed by atoms with E-state index in [1.54, 1.807) is 23.5 Å².